The molecule has 0 bridgehead atoms. The topological polar surface area (TPSA) is 0 Å². The molecule has 0 N–H and O–H groups in total. The molecule has 0 heteroatoms. The van der Waals surface area contributed by atoms with E-state index in [0.717, 1.165) is 29.6 Å². The summed E-state index contributed by atoms with van der Waals surface area (Å²) < 4.78 is 0. The van der Waals surface area contributed by atoms with Crippen LogP contribution in [-0.4, -0.2) is 0 Å². The minimum atomic E-state index is 0.950. The second kappa shape index (κ2) is 20.9. The van der Waals surface area contributed by atoms with E-state index in [0.29, 0.717) is 0 Å². The molecule has 0 aromatic heterocycles. The number of hydrogen-bond acceptors (Lipinski definition) is 0. The molecule has 3 aromatic rings. The molecule has 0 nitrogen and oxygen atoms in total. The maximum Gasteiger partial charge on any atom is -0.0115 e. The third-order valence-corrected chi connectivity index (χ3v) is 6.71. The van der Waals surface area contributed by atoms with Crippen molar-refractivity contribution in [3.8, 4) is 11.1 Å². The molecular formula is C44H48. The van der Waals surface area contributed by atoms with Crippen LogP contribution in [0.2, 0.25) is 0 Å². The molecule has 0 fully saturated rings. The highest BCUT2D eigenvalue weighted by Gasteiger charge is 2.06. The van der Waals surface area contributed by atoms with Gasteiger partial charge >= 0.3 is 0 Å². The van der Waals surface area contributed by atoms with Gasteiger partial charge in [-0.25, -0.2) is 0 Å². The fourth-order valence-corrected chi connectivity index (χ4v) is 4.46. The van der Waals surface area contributed by atoms with Crippen molar-refractivity contribution in [2.45, 2.75) is 40.5 Å². The highest BCUT2D eigenvalue weighted by molar-refractivity contribution is 5.85. The molecule has 3 aromatic carbocycles. The summed E-state index contributed by atoms with van der Waals surface area (Å²) in [4.78, 5) is 0. The van der Waals surface area contributed by atoms with Gasteiger partial charge in [0, 0.05) is 0 Å². The van der Waals surface area contributed by atoms with Gasteiger partial charge in [0.1, 0.15) is 0 Å². The summed E-state index contributed by atoms with van der Waals surface area (Å²) in [5.74, 6) is 0. The van der Waals surface area contributed by atoms with Crippen molar-refractivity contribution in [2.75, 3.05) is 0 Å². The molecule has 44 heavy (non-hydrogen) atoms. The molecule has 4 rings (SSSR count). The summed E-state index contributed by atoms with van der Waals surface area (Å²) in [6, 6.07) is 27.8. The molecule has 0 unspecified atom stereocenters. The van der Waals surface area contributed by atoms with E-state index in [1.165, 1.54) is 33.4 Å². The lowest BCUT2D eigenvalue weighted by Crippen LogP contribution is -1.90. The van der Waals surface area contributed by atoms with Crippen LogP contribution < -0.4 is 0 Å². The summed E-state index contributed by atoms with van der Waals surface area (Å²) in [5.41, 5.74) is 10.5. The van der Waals surface area contributed by atoms with Crippen LogP contribution in [0.1, 0.15) is 57.2 Å². The Morgan fingerprint density at radius 1 is 0.682 bits per heavy atom. The van der Waals surface area contributed by atoms with Gasteiger partial charge in [0.15, 0.2) is 0 Å². The first-order chi connectivity index (χ1) is 21.6. The Bertz CT molecular complexity index is 1540. The van der Waals surface area contributed by atoms with Crippen LogP contribution in [0.3, 0.4) is 0 Å². The molecular weight excluding hydrogens is 528 g/mol. The monoisotopic (exact) mass is 576 g/mol. The average Bonchev–Trinajstić information content (AvgIpc) is 3.09. The number of allylic oxidation sites excluding steroid dienone is 16. The zero-order valence-corrected chi connectivity index (χ0v) is 27.0. The second-order valence-electron chi connectivity index (χ2n) is 9.80. The van der Waals surface area contributed by atoms with E-state index in [-0.39, 0.29) is 0 Å². The number of rotatable bonds is 10. The SMILES string of the molecule is C=C(/C=C\C)C(=C)/C=C\C=C/C.C=C/C=C(\C=C/c1ccccc1C1=CCCC=C1)c1ccc(-c2ccccc2)cc1.CC. The first-order valence-corrected chi connectivity index (χ1v) is 15.5. The Balaban J connectivity index is 0.000000409. The van der Waals surface area contributed by atoms with E-state index in [2.05, 4.69) is 129 Å². The van der Waals surface area contributed by atoms with E-state index in [1.54, 1.807) is 0 Å². The van der Waals surface area contributed by atoms with Gasteiger partial charge in [-0.3, -0.25) is 0 Å². The lowest BCUT2D eigenvalue weighted by molar-refractivity contribution is 1.04. The van der Waals surface area contributed by atoms with Crippen molar-refractivity contribution in [2.24, 2.45) is 0 Å². The average molecular weight is 577 g/mol. The smallest absolute Gasteiger partial charge is 0.0115 e. The van der Waals surface area contributed by atoms with E-state index in [4.69, 9.17) is 0 Å². The van der Waals surface area contributed by atoms with Crippen molar-refractivity contribution in [3.63, 3.8) is 0 Å². The summed E-state index contributed by atoms with van der Waals surface area (Å²) in [6.07, 6.45) is 29.1. The quantitative estimate of drug-likeness (QED) is 0.211. The van der Waals surface area contributed by atoms with Crippen LogP contribution in [0.5, 0.6) is 0 Å². The molecule has 0 atom stereocenters. The lowest BCUT2D eigenvalue weighted by Gasteiger charge is -2.11. The molecule has 0 spiro atoms. The molecule has 0 saturated carbocycles. The predicted octanol–water partition coefficient (Wildman–Crippen LogP) is 13.2. The maximum absolute atomic E-state index is 3.91. The molecule has 1 aliphatic rings. The van der Waals surface area contributed by atoms with Crippen LogP contribution in [0.25, 0.3) is 28.3 Å². The Morgan fingerprint density at radius 3 is 1.98 bits per heavy atom. The van der Waals surface area contributed by atoms with Crippen molar-refractivity contribution in [1.29, 1.82) is 0 Å². The zero-order chi connectivity index (χ0) is 32.0. The lowest BCUT2D eigenvalue weighted by atomic mass is 9.94. The fourth-order valence-electron chi connectivity index (χ4n) is 4.46. The Labute approximate surface area is 267 Å². The first kappa shape index (κ1) is 35.3. The largest absolute Gasteiger partial charge is 0.0990 e. The van der Waals surface area contributed by atoms with Crippen LogP contribution >= 0.6 is 0 Å². The van der Waals surface area contributed by atoms with E-state index >= 15 is 0 Å². The summed E-state index contributed by atoms with van der Waals surface area (Å²) in [5, 5.41) is 0. The predicted molar refractivity (Wildman–Crippen MR) is 200 cm³/mol. The zero-order valence-electron chi connectivity index (χ0n) is 27.0. The van der Waals surface area contributed by atoms with Gasteiger partial charge in [-0.15, -0.1) is 0 Å². The van der Waals surface area contributed by atoms with Gasteiger partial charge in [0.25, 0.3) is 0 Å². The molecule has 1 aliphatic carbocycles. The van der Waals surface area contributed by atoms with Crippen LogP contribution in [0, 0.1) is 0 Å². The third-order valence-electron chi connectivity index (χ3n) is 6.71. The molecule has 0 aliphatic heterocycles. The van der Waals surface area contributed by atoms with Crippen molar-refractivity contribution >= 4 is 17.2 Å². The Hall–Kier alpha value is -4.94. The van der Waals surface area contributed by atoms with Gasteiger partial charge in [-0.05, 0) is 76.8 Å². The Kier molecular flexibility index (Phi) is 16.7. The van der Waals surface area contributed by atoms with E-state index in [9.17, 15) is 0 Å². The van der Waals surface area contributed by atoms with Gasteiger partial charge < -0.3 is 0 Å². The highest BCUT2D eigenvalue weighted by atomic mass is 14.1. The highest BCUT2D eigenvalue weighted by Crippen LogP contribution is 2.27. The second-order valence-corrected chi connectivity index (χ2v) is 9.80. The molecule has 0 saturated heterocycles. The summed E-state index contributed by atoms with van der Waals surface area (Å²) in [6.45, 7) is 19.6. The molecule has 0 radical (unpaired) electrons. The minimum Gasteiger partial charge on any atom is -0.0990 e. The van der Waals surface area contributed by atoms with E-state index < -0.39 is 0 Å². The Morgan fingerprint density at radius 2 is 1.34 bits per heavy atom. The van der Waals surface area contributed by atoms with Crippen LogP contribution in [0.4, 0.5) is 0 Å². The normalized spacial score (nSPS) is 12.9. The van der Waals surface area contributed by atoms with Gasteiger partial charge in [0.05, 0.1) is 0 Å². The first-order valence-electron chi connectivity index (χ1n) is 15.5. The van der Waals surface area contributed by atoms with Gasteiger partial charge in [-0.2, -0.15) is 0 Å². The molecule has 224 valence electrons. The number of benzene rings is 3. The summed E-state index contributed by atoms with van der Waals surface area (Å²) in [7, 11) is 0. The fraction of sp³-hybridized carbons (Fsp3) is 0.136. The van der Waals surface area contributed by atoms with E-state index in [1.807, 2.05) is 76.3 Å². The van der Waals surface area contributed by atoms with Gasteiger partial charge in [0.2, 0.25) is 0 Å². The minimum absolute atomic E-state index is 0.950. The van der Waals surface area contributed by atoms with Crippen LogP contribution in [-0.2, 0) is 0 Å². The molecule has 0 amide bonds. The van der Waals surface area contributed by atoms with Crippen molar-refractivity contribution in [1.82, 2.24) is 0 Å². The summed E-state index contributed by atoms with van der Waals surface area (Å²) >= 11 is 0. The molecule has 0 heterocycles. The van der Waals surface area contributed by atoms with Crippen LogP contribution in [0.15, 0.2) is 183 Å². The maximum atomic E-state index is 3.91. The van der Waals surface area contributed by atoms with Crippen molar-refractivity contribution in [3.05, 3.63) is 199 Å². The third kappa shape index (κ3) is 11.7. The van der Waals surface area contributed by atoms with Crippen molar-refractivity contribution < 1.29 is 0 Å². The van der Waals surface area contributed by atoms with Gasteiger partial charge in [-0.1, -0.05) is 191 Å². The standard InChI is InChI=1S/C30H26.C12H16.C2H6/c1-2-11-24(26-18-20-27(21-19-26)25-12-5-3-6-13-25)22-23-29-16-9-10-17-30(29)28-14-7-4-8-15-28;1-5-7-8-10-12(4)11(3)9-6-2;1-2/h2-3,5-7,9-23H,1,4,8H2;5-10H,3-4H2,1-2H3;1-2H3/b23-22-,24-11+;7-5-,9-6-,10-8-;. The number of hydrogen-bond donors (Lipinski definition) is 0.